The van der Waals surface area contributed by atoms with Gasteiger partial charge in [0.2, 0.25) is 0 Å². The van der Waals surface area contributed by atoms with E-state index in [9.17, 15) is 10.2 Å². The summed E-state index contributed by atoms with van der Waals surface area (Å²) in [7, 11) is 1.57. The molecule has 1 aromatic carbocycles. The number of ether oxygens (including phenoxy) is 1. The first-order valence-corrected chi connectivity index (χ1v) is 10.9. The van der Waals surface area contributed by atoms with E-state index in [2.05, 4.69) is 58.9 Å². The summed E-state index contributed by atoms with van der Waals surface area (Å²) in [6.07, 6.45) is 16.1. The highest BCUT2D eigenvalue weighted by Crippen LogP contribution is 2.36. The molecule has 0 aliphatic heterocycles. The molecule has 3 heteroatoms. The van der Waals surface area contributed by atoms with E-state index in [0.717, 1.165) is 38.5 Å². The second-order valence-corrected chi connectivity index (χ2v) is 8.37. The van der Waals surface area contributed by atoms with Gasteiger partial charge in [0.1, 0.15) is 5.75 Å². The first-order valence-electron chi connectivity index (χ1n) is 10.9. The molecule has 0 atom stereocenters. The minimum absolute atomic E-state index is 0.0988. The van der Waals surface area contributed by atoms with E-state index in [4.69, 9.17) is 4.74 Å². The molecule has 1 rings (SSSR count). The minimum Gasteiger partial charge on any atom is -0.504 e. The molecule has 2 N–H and O–H groups in total. The third-order valence-corrected chi connectivity index (χ3v) is 5.25. The topological polar surface area (TPSA) is 49.7 Å². The zero-order valence-electron chi connectivity index (χ0n) is 19.7. The van der Waals surface area contributed by atoms with E-state index in [1.54, 1.807) is 13.2 Å². The van der Waals surface area contributed by atoms with Crippen molar-refractivity contribution in [2.75, 3.05) is 7.11 Å². The summed E-state index contributed by atoms with van der Waals surface area (Å²) in [6, 6.07) is 3.12. The zero-order valence-corrected chi connectivity index (χ0v) is 19.7. The normalized spacial score (nSPS) is 12.8. The van der Waals surface area contributed by atoms with Crippen molar-refractivity contribution in [3.8, 4) is 17.2 Å². The molecular formula is C27H40O3. The van der Waals surface area contributed by atoms with Gasteiger partial charge in [0.25, 0.3) is 0 Å². The fourth-order valence-electron chi connectivity index (χ4n) is 3.26. The molecule has 0 amide bonds. The summed E-state index contributed by atoms with van der Waals surface area (Å²) < 4.78 is 5.29. The van der Waals surface area contributed by atoms with Crippen LogP contribution in [0.2, 0.25) is 0 Å². The molecule has 1 aromatic rings. The summed E-state index contributed by atoms with van der Waals surface area (Å²) in [5.74, 6) is 0.379. The second kappa shape index (κ2) is 13.7. The van der Waals surface area contributed by atoms with Crippen molar-refractivity contribution in [3.63, 3.8) is 0 Å². The number of hydrogen-bond acceptors (Lipinski definition) is 3. The van der Waals surface area contributed by atoms with Crippen molar-refractivity contribution < 1.29 is 14.9 Å². The average molecular weight is 413 g/mol. The SMILES string of the molecule is COc1ccc(O)c(O)c1CC=C(C)CCC=C(C)CCC=C(C)CCC=C(C)C. The molecule has 3 nitrogen and oxygen atoms in total. The Hall–Kier alpha value is -2.42. The molecule has 0 heterocycles. The van der Waals surface area contributed by atoms with Crippen molar-refractivity contribution in [1.82, 2.24) is 0 Å². The van der Waals surface area contributed by atoms with Gasteiger partial charge in [-0.2, -0.15) is 0 Å². The number of allylic oxidation sites excluding steroid dienone is 8. The maximum Gasteiger partial charge on any atom is 0.164 e. The molecule has 166 valence electrons. The molecule has 0 radical (unpaired) electrons. The number of phenols is 2. The Bertz CT molecular complexity index is 791. The third kappa shape index (κ3) is 9.87. The monoisotopic (exact) mass is 412 g/mol. The van der Waals surface area contributed by atoms with Crippen LogP contribution in [-0.4, -0.2) is 17.3 Å². The first kappa shape index (κ1) is 25.6. The number of benzene rings is 1. The Morgan fingerprint density at radius 2 is 1.27 bits per heavy atom. The quantitative estimate of drug-likeness (QED) is 0.272. The lowest BCUT2D eigenvalue weighted by Gasteiger charge is -2.10. The van der Waals surface area contributed by atoms with Gasteiger partial charge in [0.05, 0.1) is 7.11 Å². The van der Waals surface area contributed by atoms with Gasteiger partial charge in [0.15, 0.2) is 11.5 Å². The maximum absolute atomic E-state index is 10.1. The standard InChI is InChI=1S/C27H40O3/c1-20(2)10-7-11-21(3)12-8-13-22(4)14-9-15-23(5)16-17-24-26(30-6)19-18-25(28)27(24)29/h10,12,14,16,18-19,28-29H,7-9,11,13,15,17H2,1-6H3. The average Bonchev–Trinajstić information content (AvgIpc) is 2.68. The number of rotatable bonds is 12. The Balaban J connectivity index is 2.46. The van der Waals surface area contributed by atoms with Crippen molar-refractivity contribution in [3.05, 3.63) is 64.3 Å². The molecule has 0 aliphatic carbocycles. The van der Waals surface area contributed by atoms with E-state index in [0.29, 0.717) is 17.7 Å². The van der Waals surface area contributed by atoms with Gasteiger partial charge >= 0.3 is 0 Å². The summed E-state index contributed by atoms with van der Waals surface area (Å²) >= 11 is 0. The predicted octanol–water partition coefficient (Wildman–Crippen LogP) is 7.79. The van der Waals surface area contributed by atoms with Crippen molar-refractivity contribution in [1.29, 1.82) is 0 Å². The largest absolute Gasteiger partial charge is 0.504 e. The molecule has 0 bridgehead atoms. The Morgan fingerprint density at radius 1 is 0.767 bits per heavy atom. The molecule has 0 spiro atoms. The van der Waals surface area contributed by atoms with Gasteiger partial charge < -0.3 is 14.9 Å². The highest BCUT2D eigenvalue weighted by atomic mass is 16.5. The first-order chi connectivity index (χ1) is 14.2. The lowest BCUT2D eigenvalue weighted by atomic mass is 10.0. The van der Waals surface area contributed by atoms with Crippen LogP contribution in [0.5, 0.6) is 17.2 Å². The second-order valence-electron chi connectivity index (χ2n) is 8.37. The molecule has 0 aromatic heterocycles. The molecule has 0 aliphatic rings. The lowest BCUT2D eigenvalue weighted by molar-refractivity contribution is 0.379. The van der Waals surface area contributed by atoms with Crippen molar-refractivity contribution in [2.45, 2.75) is 79.6 Å². The fraction of sp³-hybridized carbons (Fsp3) is 0.481. The van der Waals surface area contributed by atoms with E-state index in [1.165, 1.54) is 28.4 Å². The fourth-order valence-corrected chi connectivity index (χ4v) is 3.26. The van der Waals surface area contributed by atoms with Crippen molar-refractivity contribution >= 4 is 0 Å². The maximum atomic E-state index is 10.1. The van der Waals surface area contributed by atoms with Crippen LogP contribution < -0.4 is 4.74 Å². The van der Waals surface area contributed by atoms with Gasteiger partial charge in [-0.1, -0.05) is 46.6 Å². The number of methoxy groups -OCH3 is 1. The number of aromatic hydroxyl groups is 2. The van der Waals surface area contributed by atoms with Crippen LogP contribution in [0.1, 0.15) is 78.7 Å². The molecule has 0 unspecified atom stereocenters. The van der Waals surface area contributed by atoms with Crippen LogP contribution >= 0.6 is 0 Å². The highest BCUT2D eigenvalue weighted by molar-refractivity contribution is 5.53. The van der Waals surface area contributed by atoms with E-state index >= 15 is 0 Å². The van der Waals surface area contributed by atoms with E-state index < -0.39 is 0 Å². The van der Waals surface area contributed by atoms with Crippen LogP contribution in [0, 0.1) is 0 Å². The van der Waals surface area contributed by atoms with E-state index in [-0.39, 0.29) is 11.5 Å². The van der Waals surface area contributed by atoms with Gasteiger partial charge in [-0.05, 0) is 91.7 Å². The van der Waals surface area contributed by atoms with Gasteiger partial charge in [-0.25, -0.2) is 0 Å². The Kier molecular flexibility index (Phi) is 11.7. The van der Waals surface area contributed by atoms with Gasteiger partial charge in [-0.15, -0.1) is 0 Å². The minimum atomic E-state index is -0.114. The number of hydrogen-bond donors (Lipinski definition) is 2. The predicted molar refractivity (Wildman–Crippen MR) is 128 cm³/mol. The van der Waals surface area contributed by atoms with Crippen LogP contribution in [0.25, 0.3) is 0 Å². The van der Waals surface area contributed by atoms with E-state index in [1.807, 2.05) is 0 Å². The Morgan fingerprint density at radius 3 is 1.77 bits per heavy atom. The van der Waals surface area contributed by atoms with Gasteiger partial charge in [0, 0.05) is 5.56 Å². The van der Waals surface area contributed by atoms with Crippen LogP contribution in [0.4, 0.5) is 0 Å². The van der Waals surface area contributed by atoms with Crippen LogP contribution in [0.15, 0.2) is 58.7 Å². The number of phenolic OH excluding ortho intramolecular Hbond substituents is 2. The smallest absolute Gasteiger partial charge is 0.164 e. The van der Waals surface area contributed by atoms with Gasteiger partial charge in [-0.3, -0.25) is 0 Å². The summed E-state index contributed by atoms with van der Waals surface area (Å²) in [4.78, 5) is 0. The van der Waals surface area contributed by atoms with Crippen molar-refractivity contribution in [2.24, 2.45) is 0 Å². The van der Waals surface area contributed by atoms with Crippen LogP contribution in [0.3, 0.4) is 0 Å². The molecule has 0 saturated heterocycles. The summed E-state index contributed by atoms with van der Waals surface area (Å²) in [5, 5.41) is 19.8. The summed E-state index contributed by atoms with van der Waals surface area (Å²) in [5.41, 5.74) is 6.19. The Labute approximate surface area is 183 Å². The summed E-state index contributed by atoms with van der Waals surface area (Å²) in [6.45, 7) is 10.8. The highest BCUT2D eigenvalue weighted by Gasteiger charge is 2.11. The third-order valence-electron chi connectivity index (χ3n) is 5.25. The molecular weight excluding hydrogens is 372 g/mol. The van der Waals surface area contributed by atoms with Crippen LogP contribution in [-0.2, 0) is 6.42 Å². The zero-order chi connectivity index (χ0) is 22.5. The molecule has 0 fully saturated rings. The molecule has 0 saturated carbocycles. The molecule has 30 heavy (non-hydrogen) atoms. The lowest BCUT2D eigenvalue weighted by Crippen LogP contribution is -1.92.